The lowest BCUT2D eigenvalue weighted by Crippen LogP contribution is -2.22. The van der Waals surface area contributed by atoms with Gasteiger partial charge in [0.05, 0.1) is 16.8 Å². The summed E-state index contributed by atoms with van der Waals surface area (Å²) in [5, 5.41) is 3.82. The lowest BCUT2D eigenvalue weighted by molar-refractivity contribution is 0.0951. The van der Waals surface area contributed by atoms with Crippen LogP contribution in [0.4, 0.5) is 0 Å². The topological polar surface area (TPSA) is 42.0 Å². The SMILES string of the molecule is O=C(NCc1nc2ccccc2s1)c1ccc(I)cc1. The lowest BCUT2D eigenvalue weighted by Gasteiger charge is -2.02. The highest BCUT2D eigenvalue weighted by atomic mass is 127. The molecule has 0 atom stereocenters. The summed E-state index contributed by atoms with van der Waals surface area (Å²) >= 11 is 3.83. The van der Waals surface area contributed by atoms with E-state index in [4.69, 9.17) is 0 Å². The summed E-state index contributed by atoms with van der Waals surface area (Å²) in [5.41, 5.74) is 1.66. The van der Waals surface area contributed by atoms with E-state index >= 15 is 0 Å². The molecule has 1 N–H and O–H groups in total. The molecule has 0 aliphatic rings. The number of para-hydroxylation sites is 1. The van der Waals surface area contributed by atoms with Crippen LogP contribution in [-0.2, 0) is 6.54 Å². The van der Waals surface area contributed by atoms with Crippen LogP contribution in [0.5, 0.6) is 0 Å². The van der Waals surface area contributed by atoms with Gasteiger partial charge in [0.1, 0.15) is 5.01 Å². The number of nitrogens with one attached hydrogen (secondary N) is 1. The zero-order chi connectivity index (χ0) is 13.9. The Bertz CT molecular complexity index is 719. The fourth-order valence-corrected chi connectivity index (χ4v) is 3.12. The van der Waals surface area contributed by atoms with Crippen LogP contribution < -0.4 is 5.32 Å². The number of benzene rings is 2. The van der Waals surface area contributed by atoms with Gasteiger partial charge in [-0.15, -0.1) is 11.3 Å². The van der Waals surface area contributed by atoms with Crippen molar-refractivity contribution in [3.05, 3.63) is 62.7 Å². The van der Waals surface area contributed by atoms with Gasteiger partial charge in [0.25, 0.3) is 5.91 Å². The van der Waals surface area contributed by atoms with Crippen LogP contribution in [0.2, 0.25) is 0 Å². The predicted molar refractivity (Wildman–Crippen MR) is 89.9 cm³/mol. The predicted octanol–water partition coefficient (Wildman–Crippen LogP) is 3.83. The Hall–Kier alpha value is -1.47. The van der Waals surface area contributed by atoms with Crippen molar-refractivity contribution in [1.82, 2.24) is 10.3 Å². The molecule has 3 aromatic rings. The van der Waals surface area contributed by atoms with E-state index in [1.54, 1.807) is 11.3 Å². The van der Waals surface area contributed by atoms with E-state index in [1.807, 2.05) is 48.5 Å². The highest BCUT2D eigenvalue weighted by molar-refractivity contribution is 14.1. The van der Waals surface area contributed by atoms with Crippen molar-refractivity contribution in [1.29, 1.82) is 0 Å². The Balaban J connectivity index is 1.69. The van der Waals surface area contributed by atoms with E-state index in [-0.39, 0.29) is 5.91 Å². The smallest absolute Gasteiger partial charge is 0.251 e. The number of fused-ring (bicyclic) bond motifs is 1. The number of amides is 1. The molecule has 1 aromatic heterocycles. The van der Waals surface area contributed by atoms with Gasteiger partial charge in [0.2, 0.25) is 0 Å². The molecule has 0 bridgehead atoms. The maximum absolute atomic E-state index is 12.0. The molecular formula is C15H11IN2OS. The van der Waals surface area contributed by atoms with E-state index < -0.39 is 0 Å². The molecule has 0 spiro atoms. The Labute approximate surface area is 134 Å². The number of hydrogen-bond acceptors (Lipinski definition) is 3. The number of rotatable bonds is 3. The Kier molecular flexibility index (Phi) is 3.98. The summed E-state index contributed by atoms with van der Waals surface area (Å²) in [4.78, 5) is 16.5. The molecule has 100 valence electrons. The highest BCUT2D eigenvalue weighted by Crippen LogP contribution is 2.21. The standard InChI is InChI=1S/C15H11IN2OS/c16-11-7-5-10(6-8-11)15(19)17-9-14-18-12-3-1-2-4-13(12)20-14/h1-8H,9H2,(H,17,19). The first-order chi connectivity index (χ1) is 9.72. The zero-order valence-electron chi connectivity index (χ0n) is 10.5. The van der Waals surface area contributed by atoms with Crippen LogP contribution in [0.1, 0.15) is 15.4 Å². The third kappa shape index (κ3) is 2.99. The van der Waals surface area contributed by atoms with Gasteiger partial charge in [0, 0.05) is 9.13 Å². The average molecular weight is 394 g/mol. The normalized spacial score (nSPS) is 10.7. The number of carbonyl (C=O) groups excluding carboxylic acids is 1. The molecule has 0 aliphatic carbocycles. The van der Waals surface area contributed by atoms with E-state index in [2.05, 4.69) is 32.9 Å². The first-order valence-electron chi connectivity index (χ1n) is 6.10. The maximum atomic E-state index is 12.0. The molecular weight excluding hydrogens is 383 g/mol. The Morgan fingerprint density at radius 2 is 1.90 bits per heavy atom. The number of aromatic nitrogens is 1. The van der Waals surface area contributed by atoms with Gasteiger partial charge in [-0.05, 0) is 59.0 Å². The van der Waals surface area contributed by atoms with Gasteiger partial charge in [-0.1, -0.05) is 12.1 Å². The van der Waals surface area contributed by atoms with Gasteiger partial charge < -0.3 is 5.32 Å². The fraction of sp³-hybridized carbons (Fsp3) is 0.0667. The van der Waals surface area contributed by atoms with Crippen LogP contribution in [0.15, 0.2) is 48.5 Å². The van der Waals surface area contributed by atoms with Crippen molar-refractivity contribution < 1.29 is 4.79 Å². The quantitative estimate of drug-likeness (QED) is 0.687. The maximum Gasteiger partial charge on any atom is 0.251 e. The summed E-state index contributed by atoms with van der Waals surface area (Å²) in [6.45, 7) is 0.462. The van der Waals surface area contributed by atoms with E-state index in [1.165, 1.54) is 0 Å². The summed E-state index contributed by atoms with van der Waals surface area (Å²) in [7, 11) is 0. The van der Waals surface area contributed by atoms with E-state index in [0.29, 0.717) is 12.1 Å². The third-order valence-corrected chi connectivity index (χ3v) is 4.60. The van der Waals surface area contributed by atoms with Gasteiger partial charge in [-0.3, -0.25) is 4.79 Å². The van der Waals surface area contributed by atoms with Gasteiger partial charge >= 0.3 is 0 Å². The number of thiazole rings is 1. The first kappa shape index (κ1) is 13.5. The van der Waals surface area contributed by atoms with Crippen molar-refractivity contribution in [3.8, 4) is 0 Å². The molecule has 0 saturated heterocycles. The summed E-state index contributed by atoms with van der Waals surface area (Å²) < 4.78 is 2.26. The minimum Gasteiger partial charge on any atom is -0.346 e. The molecule has 2 aromatic carbocycles. The summed E-state index contributed by atoms with van der Waals surface area (Å²) in [5.74, 6) is -0.0688. The Morgan fingerprint density at radius 1 is 1.15 bits per heavy atom. The number of nitrogens with zero attached hydrogens (tertiary/aromatic N) is 1. The molecule has 0 aliphatic heterocycles. The summed E-state index contributed by atoms with van der Waals surface area (Å²) in [6, 6.07) is 15.5. The molecule has 0 unspecified atom stereocenters. The van der Waals surface area contributed by atoms with Crippen molar-refractivity contribution in [2.45, 2.75) is 6.54 Å². The van der Waals surface area contributed by atoms with E-state index in [9.17, 15) is 4.79 Å². The average Bonchev–Trinajstić information content (AvgIpc) is 2.88. The van der Waals surface area contributed by atoms with Gasteiger partial charge in [0.15, 0.2) is 0 Å². The second-order valence-corrected chi connectivity index (χ2v) is 6.63. The van der Waals surface area contributed by atoms with Crippen LogP contribution >= 0.6 is 33.9 Å². The van der Waals surface area contributed by atoms with Crippen molar-refractivity contribution in [2.75, 3.05) is 0 Å². The number of halogens is 1. The molecule has 20 heavy (non-hydrogen) atoms. The molecule has 1 heterocycles. The summed E-state index contributed by atoms with van der Waals surface area (Å²) in [6.07, 6.45) is 0. The number of hydrogen-bond donors (Lipinski definition) is 1. The largest absolute Gasteiger partial charge is 0.346 e. The molecule has 3 rings (SSSR count). The van der Waals surface area contributed by atoms with Crippen molar-refractivity contribution in [3.63, 3.8) is 0 Å². The second-order valence-electron chi connectivity index (χ2n) is 4.26. The minimum atomic E-state index is -0.0688. The number of carbonyl (C=O) groups is 1. The first-order valence-corrected chi connectivity index (χ1v) is 8.00. The van der Waals surface area contributed by atoms with Gasteiger partial charge in [-0.2, -0.15) is 0 Å². The fourth-order valence-electron chi connectivity index (χ4n) is 1.85. The van der Waals surface area contributed by atoms with Crippen LogP contribution in [0, 0.1) is 3.57 Å². The highest BCUT2D eigenvalue weighted by Gasteiger charge is 2.07. The molecule has 3 nitrogen and oxygen atoms in total. The minimum absolute atomic E-state index is 0.0688. The molecule has 0 saturated carbocycles. The molecule has 1 amide bonds. The Morgan fingerprint density at radius 3 is 2.65 bits per heavy atom. The van der Waals surface area contributed by atoms with Crippen LogP contribution in [0.25, 0.3) is 10.2 Å². The molecule has 5 heteroatoms. The van der Waals surface area contributed by atoms with Crippen molar-refractivity contribution >= 4 is 50.1 Å². The van der Waals surface area contributed by atoms with Crippen molar-refractivity contribution in [2.24, 2.45) is 0 Å². The van der Waals surface area contributed by atoms with E-state index in [0.717, 1.165) is 18.8 Å². The third-order valence-electron chi connectivity index (χ3n) is 2.84. The van der Waals surface area contributed by atoms with Crippen LogP contribution in [-0.4, -0.2) is 10.9 Å². The lowest BCUT2D eigenvalue weighted by atomic mass is 10.2. The molecule has 0 radical (unpaired) electrons. The van der Waals surface area contributed by atoms with Crippen LogP contribution in [0.3, 0.4) is 0 Å². The second kappa shape index (κ2) is 5.88. The molecule has 0 fully saturated rings. The monoisotopic (exact) mass is 394 g/mol. The zero-order valence-corrected chi connectivity index (χ0v) is 13.4. The van der Waals surface area contributed by atoms with Gasteiger partial charge in [-0.25, -0.2) is 4.98 Å².